The number of aromatic nitrogens is 5. The second kappa shape index (κ2) is 10.5. The lowest BCUT2D eigenvalue weighted by atomic mass is 10.0. The van der Waals surface area contributed by atoms with E-state index < -0.39 is 0 Å². The fourth-order valence-corrected chi connectivity index (χ4v) is 4.79. The van der Waals surface area contributed by atoms with Crippen LogP contribution in [0.15, 0.2) is 53.3 Å². The first kappa shape index (κ1) is 24.0. The largest absolute Gasteiger partial charge is 0.497 e. The van der Waals surface area contributed by atoms with Gasteiger partial charge in [0.25, 0.3) is 5.56 Å². The minimum atomic E-state index is -0.382. The smallest absolute Gasteiger partial charge is 0.253 e. The predicted octanol–water partition coefficient (Wildman–Crippen LogP) is 2.31. The quantitative estimate of drug-likeness (QED) is 0.402. The third kappa shape index (κ3) is 4.82. The van der Waals surface area contributed by atoms with E-state index in [9.17, 15) is 4.79 Å². The first-order valence-electron chi connectivity index (χ1n) is 12.2. The molecule has 1 aliphatic heterocycles. The number of pyridine rings is 1. The van der Waals surface area contributed by atoms with E-state index in [0.29, 0.717) is 23.7 Å². The van der Waals surface area contributed by atoms with Gasteiger partial charge >= 0.3 is 0 Å². The molecule has 0 saturated carbocycles. The van der Waals surface area contributed by atoms with Crippen molar-refractivity contribution >= 4 is 10.9 Å². The lowest BCUT2D eigenvalue weighted by Crippen LogP contribution is -2.49. The van der Waals surface area contributed by atoms with E-state index in [1.165, 1.54) is 0 Å². The molecule has 0 bridgehead atoms. The molecule has 10 heteroatoms. The summed E-state index contributed by atoms with van der Waals surface area (Å²) in [5.74, 6) is 2.14. The van der Waals surface area contributed by atoms with Gasteiger partial charge in [-0.15, -0.1) is 5.10 Å². The van der Waals surface area contributed by atoms with Crippen molar-refractivity contribution in [3.63, 3.8) is 0 Å². The van der Waals surface area contributed by atoms with Crippen LogP contribution in [-0.4, -0.2) is 81.9 Å². The number of piperazine rings is 1. The molecular formula is C26H31N7O3. The molecule has 0 amide bonds. The standard InChI is InChI=1S/C26H31N7O3/c1-4-31-11-13-32(14-12-31)24(22-15-19-7-10-21(36-3)16-23(19)27-26(22)34)25-28-29-30-33(25)17-18-5-8-20(35-2)9-6-18/h5-10,15-16,24H,4,11-14,17H2,1-3H3,(H,27,34)/t24-/m0/s1. The SMILES string of the molecule is CCN1CCN([C@@H](c2cc3ccc(OC)cc3[nH]c2=O)c2nnnn2Cc2ccc(OC)cc2)CC1. The number of ether oxygens (including phenoxy) is 2. The number of likely N-dealkylation sites (N-methyl/N-ethyl adjacent to an activating group) is 1. The van der Waals surface area contributed by atoms with Crippen LogP contribution in [0.5, 0.6) is 11.5 Å². The lowest BCUT2D eigenvalue weighted by molar-refractivity contribution is 0.108. The number of methoxy groups -OCH3 is 2. The molecule has 1 aliphatic rings. The first-order valence-corrected chi connectivity index (χ1v) is 12.2. The van der Waals surface area contributed by atoms with Gasteiger partial charge in [0.1, 0.15) is 17.5 Å². The highest BCUT2D eigenvalue weighted by atomic mass is 16.5. The summed E-state index contributed by atoms with van der Waals surface area (Å²) in [7, 11) is 3.26. The maximum absolute atomic E-state index is 13.4. The molecule has 1 fully saturated rings. The summed E-state index contributed by atoms with van der Waals surface area (Å²) in [6, 6.07) is 15.1. The molecule has 1 atom stereocenters. The van der Waals surface area contributed by atoms with Gasteiger partial charge in [-0.05, 0) is 58.3 Å². The number of hydrogen-bond donors (Lipinski definition) is 1. The van der Waals surface area contributed by atoms with Crippen molar-refractivity contribution in [2.75, 3.05) is 46.9 Å². The molecule has 2 aromatic carbocycles. The number of tetrazole rings is 1. The fourth-order valence-electron chi connectivity index (χ4n) is 4.79. The zero-order chi connectivity index (χ0) is 25.1. The maximum atomic E-state index is 13.4. The Morgan fingerprint density at radius 1 is 0.972 bits per heavy atom. The van der Waals surface area contributed by atoms with Gasteiger partial charge in [-0.1, -0.05) is 19.1 Å². The molecule has 2 aromatic heterocycles. The minimum Gasteiger partial charge on any atom is -0.497 e. The summed E-state index contributed by atoms with van der Waals surface area (Å²) >= 11 is 0. The number of rotatable bonds is 8. The maximum Gasteiger partial charge on any atom is 0.253 e. The van der Waals surface area contributed by atoms with Gasteiger partial charge in [0.2, 0.25) is 0 Å². The van der Waals surface area contributed by atoms with E-state index in [2.05, 4.69) is 37.2 Å². The zero-order valence-corrected chi connectivity index (χ0v) is 20.8. The molecule has 0 unspecified atom stereocenters. The number of nitrogens with one attached hydrogen (secondary N) is 1. The van der Waals surface area contributed by atoms with Gasteiger partial charge < -0.3 is 19.4 Å². The number of aromatic amines is 1. The second-order valence-corrected chi connectivity index (χ2v) is 8.92. The number of H-pyrrole nitrogens is 1. The van der Waals surface area contributed by atoms with Crippen LogP contribution in [0.3, 0.4) is 0 Å². The third-order valence-electron chi connectivity index (χ3n) is 6.89. The summed E-state index contributed by atoms with van der Waals surface area (Å²) in [5.41, 5.74) is 2.25. The highest BCUT2D eigenvalue weighted by Gasteiger charge is 2.32. The molecule has 10 nitrogen and oxygen atoms in total. The second-order valence-electron chi connectivity index (χ2n) is 8.92. The van der Waals surface area contributed by atoms with Crippen molar-refractivity contribution in [3.8, 4) is 11.5 Å². The Balaban J connectivity index is 1.56. The number of fused-ring (bicyclic) bond motifs is 1. The molecule has 188 valence electrons. The summed E-state index contributed by atoms with van der Waals surface area (Å²) in [6.07, 6.45) is 0. The molecule has 1 saturated heterocycles. The van der Waals surface area contributed by atoms with Crippen molar-refractivity contribution in [1.82, 2.24) is 35.0 Å². The monoisotopic (exact) mass is 489 g/mol. The Morgan fingerprint density at radius 3 is 2.39 bits per heavy atom. The zero-order valence-electron chi connectivity index (χ0n) is 20.8. The molecule has 4 aromatic rings. The molecule has 5 rings (SSSR count). The first-order chi connectivity index (χ1) is 17.6. The average molecular weight is 490 g/mol. The Kier molecular flexibility index (Phi) is 6.97. The van der Waals surface area contributed by atoms with Crippen molar-refractivity contribution < 1.29 is 9.47 Å². The Bertz CT molecular complexity index is 1370. The van der Waals surface area contributed by atoms with Gasteiger partial charge in [-0.2, -0.15) is 0 Å². The number of benzene rings is 2. The molecular weight excluding hydrogens is 458 g/mol. The van der Waals surface area contributed by atoms with E-state index >= 15 is 0 Å². The van der Waals surface area contributed by atoms with Crippen LogP contribution in [0, 0.1) is 0 Å². The van der Waals surface area contributed by atoms with Gasteiger partial charge in [-0.3, -0.25) is 9.69 Å². The van der Waals surface area contributed by atoms with E-state index in [4.69, 9.17) is 9.47 Å². The summed E-state index contributed by atoms with van der Waals surface area (Å²) in [5, 5.41) is 13.7. The van der Waals surface area contributed by atoms with Crippen molar-refractivity contribution in [2.45, 2.75) is 19.5 Å². The Hall–Kier alpha value is -3.76. The van der Waals surface area contributed by atoms with Crippen LogP contribution >= 0.6 is 0 Å². The molecule has 1 N–H and O–H groups in total. The molecule has 0 spiro atoms. The molecule has 3 heterocycles. The van der Waals surface area contributed by atoms with Crippen LogP contribution in [-0.2, 0) is 6.54 Å². The van der Waals surface area contributed by atoms with Gasteiger partial charge in [0, 0.05) is 37.8 Å². The van der Waals surface area contributed by atoms with Crippen LogP contribution in [0.1, 0.15) is 29.9 Å². The van der Waals surface area contributed by atoms with Crippen LogP contribution in [0.4, 0.5) is 0 Å². The summed E-state index contributed by atoms with van der Waals surface area (Å²) in [6.45, 7) is 7.14. The van der Waals surface area contributed by atoms with Gasteiger partial charge in [0.05, 0.1) is 26.3 Å². The highest BCUT2D eigenvalue weighted by Crippen LogP contribution is 2.29. The van der Waals surface area contributed by atoms with E-state index in [1.807, 2.05) is 48.5 Å². The van der Waals surface area contributed by atoms with Crippen molar-refractivity contribution in [3.05, 3.63) is 75.8 Å². The third-order valence-corrected chi connectivity index (χ3v) is 6.89. The summed E-state index contributed by atoms with van der Waals surface area (Å²) in [4.78, 5) is 21.2. The topological polar surface area (TPSA) is 101 Å². The van der Waals surface area contributed by atoms with Gasteiger partial charge in [-0.25, -0.2) is 4.68 Å². The Morgan fingerprint density at radius 2 is 1.69 bits per heavy atom. The van der Waals surface area contributed by atoms with Crippen molar-refractivity contribution in [2.24, 2.45) is 0 Å². The molecule has 36 heavy (non-hydrogen) atoms. The lowest BCUT2D eigenvalue weighted by Gasteiger charge is -2.38. The Labute approximate surface area is 209 Å². The predicted molar refractivity (Wildman–Crippen MR) is 137 cm³/mol. The minimum absolute atomic E-state index is 0.155. The molecule has 0 radical (unpaired) electrons. The normalized spacial score (nSPS) is 15.8. The van der Waals surface area contributed by atoms with Crippen molar-refractivity contribution in [1.29, 1.82) is 0 Å². The average Bonchev–Trinajstić information content (AvgIpc) is 3.37. The fraction of sp³-hybridized carbons (Fsp3) is 0.385. The van der Waals surface area contributed by atoms with E-state index in [-0.39, 0.29) is 11.6 Å². The number of nitrogens with zero attached hydrogens (tertiary/aromatic N) is 6. The van der Waals surface area contributed by atoms with Crippen LogP contribution < -0.4 is 15.0 Å². The van der Waals surface area contributed by atoms with Crippen LogP contribution in [0.2, 0.25) is 0 Å². The van der Waals surface area contributed by atoms with E-state index in [1.54, 1.807) is 18.9 Å². The van der Waals surface area contributed by atoms with Crippen LogP contribution in [0.25, 0.3) is 10.9 Å². The summed E-state index contributed by atoms with van der Waals surface area (Å²) < 4.78 is 12.4. The number of hydrogen-bond acceptors (Lipinski definition) is 8. The highest BCUT2D eigenvalue weighted by molar-refractivity contribution is 5.80. The van der Waals surface area contributed by atoms with Gasteiger partial charge in [0.15, 0.2) is 5.82 Å². The molecule has 0 aliphatic carbocycles. The van der Waals surface area contributed by atoms with E-state index in [0.717, 1.165) is 54.9 Å².